The smallest absolute Gasteiger partial charge is 0.284 e. The highest BCUT2D eigenvalue weighted by molar-refractivity contribution is 7.71. The second-order valence-corrected chi connectivity index (χ2v) is 5.52. The summed E-state index contributed by atoms with van der Waals surface area (Å²) in [5, 5.41) is 18.5. The lowest BCUT2D eigenvalue weighted by Gasteiger charge is -2.02. The monoisotopic (exact) mass is 338 g/mol. The van der Waals surface area contributed by atoms with Gasteiger partial charge < -0.3 is 9.40 Å². The summed E-state index contributed by atoms with van der Waals surface area (Å²) >= 11 is 4.94. The molecule has 0 saturated carbocycles. The van der Waals surface area contributed by atoms with E-state index in [9.17, 15) is 10.1 Å². The number of nitrogens with one attached hydrogen (secondary N) is 2. The van der Waals surface area contributed by atoms with Crippen molar-refractivity contribution in [1.82, 2.24) is 15.2 Å². The maximum absolute atomic E-state index is 11.1. The van der Waals surface area contributed by atoms with Crippen LogP contribution in [0.3, 0.4) is 0 Å². The minimum absolute atomic E-state index is 0.0214. The Bertz CT molecular complexity index is 1110. The lowest BCUT2D eigenvalue weighted by molar-refractivity contribution is -0.384. The van der Waals surface area contributed by atoms with Crippen LogP contribution in [0.1, 0.15) is 0 Å². The van der Waals surface area contributed by atoms with Gasteiger partial charge in [0.25, 0.3) is 16.4 Å². The molecule has 0 fully saturated rings. The predicted molar refractivity (Wildman–Crippen MR) is 91.1 cm³/mol. The van der Waals surface area contributed by atoms with E-state index in [2.05, 4.69) is 15.2 Å². The Hall–Kier alpha value is -3.26. The Labute approximate surface area is 140 Å². The number of hydrogen-bond acceptors (Lipinski definition) is 5. The van der Waals surface area contributed by atoms with Gasteiger partial charge in [-0.25, -0.2) is 5.10 Å². The van der Waals surface area contributed by atoms with Crippen molar-refractivity contribution in [2.24, 2.45) is 0 Å². The van der Waals surface area contributed by atoms with E-state index in [1.54, 1.807) is 12.1 Å². The summed E-state index contributed by atoms with van der Waals surface area (Å²) in [5.74, 6) is 0.303. The van der Waals surface area contributed by atoms with E-state index in [1.165, 1.54) is 6.07 Å². The maximum atomic E-state index is 11.1. The third kappa shape index (κ3) is 2.29. The second-order valence-electron chi connectivity index (χ2n) is 5.15. The minimum atomic E-state index is -0.416. The second kappa shape index (κ2) is 5.43. The Morgan fingerprint density at radius 1 is 1.17 bits per heavy atom. The quantitative estimate of drug-likeness (QED) is 0.326. The van der Waals surface area contributed by atoms with Crippen LogP contribution in [0, 0.1) is 15.0 Å². The zero-order valence-corrected chi connectivity index (χ0v) is 13.0. The van der Waals surface area contributed by atoms with E-state index in [0.717, 1.165) is 22.0 Å². The van der Waals surface area contributed by atoms with Crippen molar-refractivity contribution in [3.63, 3.8) is 0 Å². The van der Waals surface area contributed by atoms with Crippen LogP contribution in [0.25, 0.3) is 33.6 Å². The fraction of sp³-hybridized carbons (Fsp3) is 0. The van der Waals surface area contributed by atoms with Crippen LogP contribution in [-0.4, -0.2) is 20.1 Å². The average molecular weight is 338 g/mol. The van der Waals surface area contributed by atoms with Crippen molar-refractivity contribution in [2.45, 2.75) is 0 Å². The number of aromatic amines is 2. The summed E-state index contributed by atoms with van der Waals surface area (Å²) in [6, 6.07) is 14.2. The highest BCUT2D eigenvalue weighted by Gasteiger charge is 2.20. The summed E-state index contributed by atoms with van der Waals surface area (Å²) in [4.78, 5) is 14.1. The molecule has 118 valence electrons. The lowest BCUT2D eigenvalue weighted by atomic mass is 10.0. The standard InChI is InChI=1S/C16H10N4O3S/c21-20(22)10-6-7-12-11(8-10)13(9-4-2-1-3-5-9)14(17-12)15-18-19-16(24)23-15/h1-8,17H,(H,19,24). The van der Waals surface area contributed by atoms with Gasteiger partial charge in [-0.05, 0) is 23.8 Å². The topological polar surface area (TPSA) is 101 Å². The largest absolute Gasteiger partial charge is 0.408 e. The minimum Gasteiger partial charge on any atom is -0.408 e. The van der Waals surface area contributed by atoms with Crippen LogP contribution >= 0.6 is 12.2 Å². The number of nitro groups is 1. The van der Waals surface area contributed by atoms with Gasteiger partial charge in [0.05, 0.1) is 4.92 Å². The molecule has 0 aliphatic heterocycles. The molecule has 24 heavy (non-hydrogen) atoms. The molecule has 0 atom stereocenters. The molecule has 0 aliphatic carbocycles. The summed E-state index contributed by atoms with van der Waals surface area (Å²) in [7, 11) is 0. The molecule has 0 unspecified atom stereocenters. The lowest BCUT2D eigenvalue weighted by Crippen LogP contribution is -1.87. The number of rotatable bonds is 3. The number of hydrogen-bond donors (Lipinski definition) is 2. The Kier molecular flexibility index (Phi) is 3.24. The molecule has 0 saturated heterocycles. The summed E-state index contributed by atoms with van der Waals surface area (Å²) in [5.41, 5.74) is 3.05. The Balaban J connectivity index is 2.08. The maximum Gasteiger partial charge on any atom is 0.284 e. The van der Waals surface area contributed by atoms with Gasteiger partial charge in [-0.2, -0.15) is 0 Å². The predicted octanol–water partition coefficient (Wildman–Crippen LogP) is 4.46. The molecule has 4 aromatic rings. The molecule has 2 N–H and O–H groups in total. The highest BCUT2D eigenvalue weighted by atomic mass is 32.1. The summed E-state index contributed by atoms with van der Waals surface area (Å²) < 4.78 is 5.42. The van der Waals surface area contributed by atoms with Crippen LogP contribution in [-0.2, 0) is 0 Å². The van der Waals surface area contributed by atoms with Gasteiger partial charge in [-0.15, -0.1) is 5.10 Å². The van der Waals surface area contributed by atoms with E-state index >= 15 is 0 Å². The van der Waals surface area contributed by atoms with E-state index in [0.29, 0.717) is 11.6 Å². The van der Waals surface area contributed by atoms with Crippen molar-refractivity contribution < 1.29 is 9.34 Å². The molecule has 0 radical (unpaired) electrons. The SMILES string of the molecule is O=[N+]([O-])c1ccc2[nH]c(-c3n[nH]c(=S)o3)c(-c3ccccc3)c2c1. The molecule has 0 aliphatic rings. The molecule has 4 rings (SSSR count). The molecule has 2 aromatic carbocycles. The Morgan fingerprint density at radius 3 is 2.62 bits per heavy atom. The third-order valence-corrected chi connectivity index (χ3v) is 3.88. The molecule has 8 heteroatoms. The molecule has 7 nitrogen and oxygen atoms in total. The molecule has 0 bridgehead atoms. The number of fused-ring (bicyclic) bond motifs is 1. The number of non-ortho nitro benzene ring substituents is 1. The third-order valence-electron chi connectivity index (χ3n) is 3.71. The number of nitro benzene ring substituents is 1. The van der Waals surface area contributed by atoms with E-state index < -0.39 is 4.92 Å². The van der Waals surface area contributed by atoms with Crippen molar-refractivity contribution >= 4 is 28.8 Å². The fourth-order valence-electron chi connectivity index (χ4n) is 2.70. The first-order valence-electron chi connectivity index (χ1n) is 7.05. The summed E-state index contributed by atoms with van der Waals surface area (Å²) in [6.45, 7) is 0. The first-order chi connectivity index (χ1) is 11.6. The number of benzene rings is 2. The molecule has 0 amide bonds. The van der Waals surface area contributed by atoms with Crippen molar-refractivity contribution in [3.8, 4) is 22.7 Å². The number of H-pyrrole nitrogens is 2. The zero-order chi connectivity index (χ0) is 16.7. The van der Waals surface area contributed by atoms with Gasteiger partial charge >= 0.3 is 0 Å². The molecule has 0 spiro atoms. The van der Waals surface area contributed by atoms with Gasteiger partial charge in [-0.3, -0.25) is 10.1 Å². The molecular formula is C16H10N4O3S. The average Bonchev–Trinajstić information content (AvgIpc) is 3.18. The molecule has 2 aromatic heterocycles. The fourth-order valence-corrected chi connectivity index (χ4v) is 2.82. The normalized spacial score (nSPS) is 11.0. The summed E-state index contributed by atoms with van der Waals surface area (Å²) in [6.07, 6.45) is 0. The van der Waals surface area contributed by atoms with Crippen LogP contribution < -0.4 is 0 Å². The molecule has 2 heterocycles. The van der Waals surface area contributed by atoms with E-state index in [1.807, 2.05) is 30.3 Å². The van der Waals surface area contributed by atoms with Crippen LogP contribution in [0.4, 0.5) is 5.69 Å². The van der Waals surface area contributed by atoms with E-state index in [-0.39, 0.29) is 10.5 Å². The first-order valence-corrected chi connectivity index (χ1v) is 7.46. The number of aromatic nitrogens is 3. The van der Waals surface area contributed by atoms with Crippen LogP contribution in [0.15, 0.2) is 52.9 Å². The van der Waals surface area contributed by atoms with Crippen LogP contribution in [0.5, 0.6) is 0 Å². The zero-order valence-electron chi connectivity index (χ0n) is 12.1. The van der Waals surface area contributed by atoms with Gasteiger partial charge in [0, 0.05) is 28.6 Å². The number of nitrogens with zero attached hydrogens (tertiary/aromatic N) is 2. The van der Waals surface area contributed by atoms with Gasteiger partial charge in [-0.1, -0.05) is 30.3 Å². The van der Waals surface area contributed by atoms with Crippen molar-refractivity contribution in [3.05, 3.63) is 63.5 Å². The first kappa shape index (κ1) is 14.3. The van der Waals surface area contributed by atoms with Crippen LogP contribution in [0.2, 0.25) is 0 Å². The Morgan fingerprint density at radius 2 is 1.96 bits per heavy atom. The van der Waals surface area contributed by atoms with E-state index in [4.69, 9.17) is 16.6 Å². The van der Waals surface area contributed by atoms with Gasteiger partial charge in [0.15, 0.2) is 0 Å². The molecular weight excluding hydrogens is 328 g/mol. The van der Waals surface area contributed by atoms with Crippen molar-refractivity contribution in [2.75, 3.05) is 0 Å². The van der Waals surface area contributed by atoms with Crippen molar-refractivity contribution in [1.29, 1.82) is 0 Å². The van der Waals surface area contributed by atoms with Gasteiger partial charge in [0.2, 0.25) is 0 Å². The highest BCUT2D eigenvalue weighted by Crippen LogP contribution is 2.38. The van der Waals surface area contributed by atoms with Gasteiger partial charge in [0.1, 0.15) is 5.69 Å².